The van der Waals surface area contributed by atoms with Crippen LogP contribution in [0.1, 0.15) is 129 Å². The first-order valence-electron chi connectivity index (χ1n) is 23.7. The van der Waals surface area contributed by atoms with Gasteiger partial charge in [-0.2, -0.15) is 0 Å². The average molecular weight is 850 g/mol. The summed E-state index contributed by atoms with van der Waals surface area (Å²) in [5.41, 5.74) is 5.31. The van der Waals surface area contributed by atoms with Crippen molar-refractivity contribution in [2.75, 3.05) is 27.3 Å². The lowest BCUT2D eigenvalue weighted by Gasteiger charge is -2.58. The number of aliphatic hydroxyl groups excluding tert-OH is 1. The Kier molecular flexibility index (Phi) is 12.2. The molecule has 5 fully saturated rings. The molecule has 332 valence electrons. The van der Waals surface area contributed by atoms with Crippen LogP contribution in [0, 0.1) is 28.6 Å². The normalized spacial score (nSPS) is 30.0. The van der Waals surface area contributed by atoms with Crippen LogP contribution < -0.4 is 9.47 Å². The van der Waals surface area contributed by atoms with E-state index in [-0.39, 0.29) is 36.0 Å². The highest BCUT2D eigenvalue weighted by molar-refractivity contribution is 6.13. The molecule has 0 heterocycles. The first kappa shape index (κ1) is 43.5. The zero-order valence-electron chi connectivity index (χ0n) is 37.9. The number of ether oxygens (including phenoxy) is 2. The third-order valence-electron chi connectivity index (χ3n) is 16.5. The van der Waals surface area contributed by atoms with Crippen LogP contribution in [-0.2, 0) is 17.6 Å². The Morgan fingerprint density at radius 3 is 2.19 bits per heavy atom. The molecule has 0 saturated heterocycles. The van der Waals surface area contributed by atoms with Crippen molar-refractivity contribution in [2.24, 2.45) is 28.6 Å². The van der Waals surface area contributed by atoms with Crippen LogP contribution in [0.2, 0.25) is 0 Å². The second-order valence-corrected chi connectivity index (χ2v) is 20.7. The van der Waals surface area contributed by atoms with E-state index in [0.29, 0.717) is 61.3 Å². The van der Waals surface area contributed by atoms with Gasteiger partial charge in [0, 0.05) is 29.6 Å². The molecule has 5 saturated carbocycles. The Labute approximate surface area is 374 Å². The van der Waals surface area contributed by atoms with E-state index in [1.54, 1.807) is 14.2 Å². The van der Waals surface area contributed by atoms with E-state index in [1.807, 2.05) is 78.9 Å². The van der Waals surface area contributed by atoms with E-state index >= 15 is 9.59 Å². The molecule has 1 amide bonds. The number of aliphatic hydroxyl groups is 2. The highest BCUT2D eigenvalue weighted by Crippen LogP contribution is 2.62. The minimum absolute atomic E-state index is 0.0337. The van der Waals surface area contributed by atoms with Crippen LogP contribution in [0.4, 0.5) is 0 Å². The highest BCUT2D eigenvalue weighted by atomic mass is 16.5. The standard InChI is InChI=1S/C56H67NO6/c1-37-11-10-23-54(2)49(46-20-17-38(28-44(58)19-16-37)29-48(46)53(60)47-15-9-8-14-45(47)43-12-6-5-7-13-43)22-24-56(54,61)36-57(35-55-32-40-25-41(33-55)27-42(26-40)34-55)52(59)31-39-18-21-50(62-3)51(30-39)63-4/h5-9,11-15,17-18,20-21,29-30,40-42,44,49,58,61H,10,16,19,22-28,31-36H2,1-4H3. The summed E-state index contributed by atoms with van der Waals surface area (Å²) in [6, 6.07) is 29.9. The van der Waals surface area contributed by atoms with Gasteiger partial charge in [-0.3, -0.25) is 9.59 Å². The van der Waals surface area contributed by atoms with Crippen LogP contribution in [0.3, 0.4) is 0 Å². The molecule has 4 aromatic rings. The molecule has 7 nitrogen and oxygen atoms in total. The summed E-state index contributed by atoms with van der Waals surface area (Å²) in [5, 5.41) is 24.9. The average Bonchev–Trinajstić information content (AvgIpc) is 3.52. The molecular weight excluding hydrogens is 783 g/mol. The number of hydrogen-bond acceptors (Lipinski definition) is 6. The molecule has 2 N–H and O–H groups in total. The van der Waals surface area contributed by atoms with Gasteiger partial charge >= 0.3 is 0 Å². The number of fused-ring (bicyclic) bond motifs is 8. The van der Waals surface area contributed by atoms with Crippen molar-refractivity contribution in [3.05, 3.63) is 130 Å². The molecule has 11 rings (SSSR count). The SMILES string of the molecule is COc1ccc(CC(=O)N(CC23CC4CC(CC(C4)C2)C3)CC2(O)CCC3c4ccc(cc4C(=O)c4ccccc4-c4ccccc4)CC(O)CCC(C)=CCCC32C)cc1OC. The molecule has 7 heteroatoms. The molecule has 6 bridgehead atoms. The highest BCUT2D eigenvalue weighted by Gasteiger charge is 2.59. The fraction of sp³-hybridized carbons (Fsp3) is 0.500. The zero-order valence-corrected chi connectivity index (χ0v) is 37.9. The van der Waals surface area contributed by atoms with E-state index in [0.717, 1.165) is 58.4 Å². The number of amides is 1. The first-order valence-corrected chi connectivity index (χ1v) is 23.7. The Morgan fingerprint density at radius 2 is 1.48 bits per heavy atom. The molecule has 63 heavy (non-hydrogen) atoms. The third-order valence-corrected chi connectivity index (χ3v) is 16.5. The lowest BCUT2D eigenvalue weighted by Crippen LogP contribution is -2.58. The van der Waals surface area contributed by atoms with Gasteiger partial charge in [0.25, 0.3) is 0 Å². The van der Waals surface area contributed by atoms with E-state index in [2.05, 4.69) is 37.0 Å². The maximum absolute atomic E-state index is 15.2. The van der Waals surface area contributed by atoms with Crippen LogP contribution in [-0.4, -0.2) is 65.8 Å². The fourth-order valence-electron chi connectivity index (χ4n) is 13.6. The van der Waals surface area contributed by atoms with Crippen molar-refractivity contribution < 1.29 is 29.3 Å². The molecule has 0 aromatic heterocycles. The van der Waals surface area contributed by atoms with Gasteiger partial charge in [-0.15, -0.1) is 0 Å². The minimum Gasteiger partial charge on any atom is -0.493 e. The summed E-state index contributed by atoms with van der Waals surface area (Å²) in [6.07, 6.45) is 14.0. The van der Waals surface area contributed by atoms with Gasteiger partial charge in [0.05, 0.1) is 32.3 Å². The maximum atomic E-state index is 15.2. The van der Waals surface area contributed by atoms with Crippen molar-refractivity contribution in [1.29, 1.82) is 0 Å². The van der Waals surface area contributed by atoms with Gasteiger partial charge in [-0.25, -0.2) is 0 Å². The predicted molar refractivity (Wildman–Crippen MR) is 249 cm³/mol. The van der Waals surface area contributed by atoms with Gasteiger partial charge in [-0.1, -0.05) is 91.4 Å². The van der Waals surface area contributed by atoms with Crippen molar-refractivity contribution in [3.8, 4) is 22.6 Å². The molecule has 4 atom stereocenters. The molecule has 0 spiro atoms. The Bertz CT molecular complexity index is 2320. The Balaban J connectivity index is 1.11. The van der Waals surface area contributed by atoms with Crippen molar-refractivity contribution in [1.82, 2.24) is 4.90 Å². The summed E-state index contributed by atoms with van der Waals surface area (Å²) in [5.74, 6) is 3.26. The molecular formula is C56H67NO6. The van der Waals surface area contributed by atoms with Crippen molar-refractivity contribution >= 4 is 11.7 Å². The number of carbonyl (C=O) groups excluding carboxylic acids is 2. The summed E-state index contributed by atoms with van der Waals surface area (Å²) in [4.78, 5) is 32.4. The number of carbonyl (C=O) groups is 2. The summed E-state index contributed by atoms with van der Waals surface area (Å²) < 4.78 is 11.2. The zero-order chi connectivity index (χ0) is 43.9. The second-order valence-electron chi connectivity index (χ2n) is 20.7. The first-order chi connectivity index (χ1) is 30.4. The number of hydrogen-bond donors (Lipinski definition) is 2. The topological polar surface area (TPSA) is 96.3 Å². The Morgan fingerprint density at radius 1 is 0.778 bits per heavy atom. The third kappa shape index (κ3) is 8.65. The van der Waals surface area contributed by atoms with Gasteiger partial charge in [0.1, 0.15) is 0 Å². The number of ketones is 1. The lowest BCUT2D eigenvalue weighted by molar-refractivity contribution is -0.148. The summed E-state index contributed by atoms with van der Waals surface area (Å²) in [6.45, 7) is 5.31. The van der Waals surface area contributed by atoms with Crippen LogP contribution in [0.5, 0.6) is 11.5 Å². The van der Waals surface area contributed by atoms with Gasteiger partial charge in [0.2, 0.25) is 5.91 Å². The second kappa shape index (κ2) is 17.7. The largest absolute Gasteiger partial charge is 0.493 e. The number of allylic oxidation sites excluding steroid dienone is 2. The van der Waals surface area contributed by atoms with E-state index in [1.165, 1.54) is 44.1 Å². The van der Waals surface area contributed by atoms with Crippen LogP contribution >= 0.6 is 0 Å². The quantitative estimate of drug-likeness (QED) is 0.115. The van der Waals surface area contributed by atoms with Gasteiger partial charge in [-0.05, 0) is 165 Å². The molecule has 7 aliphatic carbocycles. The number of methoxy groups -OCH3 is 2. The van der Waals surface area contributed by atoms with Crippen molar-refractivity contribution in [3.63, 3.8) is 0 Å². The van der Waals surface area contributed by atoms with Crippen LogP contribution in [0.15, 0.2) is 103 Å². The van der Waals surface area contributed by atoms with E-state index < -0.39 is 17.1 Å². The van der Waals surface area contributed by atoms with Crippen molar-refractivity contribution in [2.45, 2.75) is 121 Å². The predicted octanol–water partition coefficient (Wildman–Crippen LogP) is 10.9. The smallest absolute Gasteiger partial charge is 0.227 e. The molecule has 0 radical (unpaired) electrons. The lowest BCUT2D eigenvalue weighted by atomic mass is 9.49. The summed E-state index contributed by atoms with van der Waals surface area (Å²) in [7, 11) is 3.24. The van der Waals surface area contributed by atoms with E-state index in [4.69, 9.17) is 9.47 Å². The minimum atomic E-state index is -1.22. The van der Waals surface area contributed by atoms with Gasteiger partial charge < -0.3 is 24.6 Å². The van der Waals surface area contributed by atoms with Gasteiger partial charge in [0.15, 0.2) is 17.3 Å². The van der Waals surface area contributed by atoms with E-state index in [9.17, 15) is 10.2 Å². The maximum Gasteiger partial charge on any atom is 0.227 e. The molecule has 4 aromatic carbocycles. The number of nitrogens with zero attached hydrogens (tertiary/aromatic N) is 1. The summed E-state index contributed by atoms with van der Waals surface area (Å²) >= 11 is 0. The number of benzene rings is 4. The molecule has 0 aliphatic heterocycles. The fourth-order valence-corrected chi connectivity index (χ4v) is 13.6. The molecule has 4 unspecified atom stereocenters. The molecule has 7 aliphatic rings. The van der Waals surface area contributed by atoms with Crippen LogP contribution in [0.25, 0.3) is 11.1 Å². The number of rotatable bonds is 11. The Hall–Kier alpha value is -4.72. The monoisotopic (exact) mass is 849 g/mol.